The highest BCUT2D eigenvalue weighted by Gasteiger charge is 2.34. The molecule has 1 N–H and O–H groups in total. The van der Waals surface area contributed by atoms with Gasteiger partial charge in [0.1, 0.15) is 0 Å². The van der Waals surface area contributed by atoms with Crippen LogP contribution in [0, 0.1) is 11.8 Å². The first kappa shape index (κ1) is 17.5. The smallest absolute Gasteiger partial charge is 0.0843 e. The summed E-state index contributed by atoms with van der Waals surface area (Å²) < 4.78 is 6.28. The van der Waals surface area contributed by atoms with Crippen LogP contribution in [0.5, 0.6) is 0 Å². The zero-order chi connectivity index (χ0) is 16.4. The first-order chi connectivity index (χ1) is 10.2. The molecule has 1 saturated heterocycles. The minimum Gasteiger partial charge on any atom is -0.386 e. The zero-order valence-electron chi connectivity index (χ0n) is 14.8. The van der Waals surface area contributed by atoms with E-state index in [-0.39, 0.29) is 11.7 Å². The molecule has 2 nitrogen and oxygen atoms in total. The van der Waals surface area contributed by atoms with Gasteiger partial charge in [0.15, 0.2) is 0 Å². The van der Waals surface area contributed by atoms with Gasteiger partial charge in [-0.3, -0.25) is 0 Å². The topological polar surface area (TPSA) is 29.5 Å². The van der Waals surface area contributed by atoms with E-state index in [9.17, 15) is 5.11 Å². The van der Waals surface area contributed by atoms with Crippen molar-refractivity contribution in [3.63, 3.8) is 0 Å². The summed E-state index contributed by atoms with van der Waals surface area (Å²) in [6.07, 6.45) is 14.7. The first-order valence-corrected chi connectivity index (χ1v) is 8.65. The van der Waals surface area contributed by atoms with Crippen LogP contribution < -0.4 is 0 Å². The van der Waals surface area contributed by atoms with Crippen LogP contribution in [0.3, 0.4) is 0 Å². The van der Waals surface area contributed by atoms with Crippen LogP contribution in [0.15, 0.2) is 36.0 Å². The molecule has 2 heterocycles. The van der Waals surface area contributed by atoms with Gasteiger partial charge < -0.3 is 9.84 Å². The van der Waals surface area contributed by atoms with Crippen LogP contribution in [-0.2, 0) is 4.74 Å². The molecule has 2 rings (SSSR count). The molecule has 4 atom stereocenters. The Bertz CT molecular complexity index is 470. The molecule has 0 radical (unpaired) electrons. The second kappa shape index (κ2) is 6.72. The van der Waals surface area contributed by atoms with E-state index in [0.717, 1.165) is 19.3 Å². The van der Waals surface area contributed by atoms with Gasteiger partial charge in [-0.1, -0.05) is 44.2 Å². The largest absolute Gasteiger partial charge is 0.386 e. The minimum atomic E-state index is -0.787. The van der Waals surface area contributed by atoms with Gasteiger partial charge in [0.2, 0.25) is 0 Å². The number of hydrogen-bond donors (Lipinski definition) is 1. The van der Waals surface area contributed by atoms with Gasteiger partial charge in [0.05, 0.1) is 17.3 Å². The van der Waals surface area contributed by atoms with E-state index >= 15 is 0 Å². The van der Waals surface area contributed by atoms with Crippen molar-refractivity contribution < 1.29 is 9.84 Å². The van der Waals surface area contributed by atoms with Crippen LogP contribution in [0.1, 0.15) is 60.3 Å². The number of ether oxygens (including phenoxy) is 1. The Morgan fingerprint density at radius 2 is 2.00 bits per heavy atom. The SMILES string of the molecule is C/C1=C\C[C@@H](C(C)C)/C=C/[C@@](C)(O)C/C=C/[C@@]2(C)CC[C@@H]1O2. The summed E-state index contributed by atoms with van der Waals surface area (Å²) in [5.74, 6) is 1.02. The van der Waals surface area contributed by atoms with Crippen molar-refractivity contribution in [3.05, 3.63) is 36.0 Å². The molecule has 2 aliphatic heterocycles. The molecule has 0 aromatic rings. The fraction of sp³-hybridized carbons (Fsp3) is 0.700. The molecular weight excluding hydrogens is 272 g/mol. The van der Waals surface area contributed by atoms with E-state index in [1.165, 1.54) is 5.57 Å². The minimum absolute atomic E-state index is 0.189. The summed E-state index contributed by atoms with van der Waals surface area (Å²) in [7, 11) is 0. The fourth-order valence-electron chi connectivity index (χ4n) is 3.28. The molecular formula is C20H32O2. The van der Waals surface area contributed by atoms with Crippen molar-refractivity contribution in [1.82, 2.24) is 0 Å². The Labute approximate surface area is 136 Å². The van der Waals surface area contributed by atoms with E-state index in [0.29, 0.717) is 18.3 Å². The van der Waals surface area contributed by atoms with Crippen LogP contribution in [-0.4, -0.2) is 22.4 Å². The van der Waals surface area contributed by atoms with Crippen molar-refractivity contribution in [2.45, 2.75) is 77.6 Å². The van der Waals surface area contributed by atoms with Crippen molar-refractivity contribution in [2.24, 2.45) is 11.8 Å². The standard InChI is InChI=1S/C20H32O2/c1-15(2)17-8-7-16(3)18-10-14-20(5,22-18)12-6-11-19(4,21)13-9-17/h6-7,9,12-13,15,17-18,21H,8,10-11,14H2,1-5H3/b12-6+,13-9+,16-7+/t17-,18+,19+,20+/m1/s1. The predicted octanol–water partition coefficient (Wildman–Crippen LogP) is 4.80. The fourth-order valence-corrected chi connectivity index (χ4v) is 3.28. The van der Waals surface area contributed by atoms with Gasteiger partial charge in [-0.2, -0.15) is 0 Å². The highest BCUT2D eigenvalue weighted by atomic mass is 16.5. The van der Waals surface area contributed by atoms with Gasteiger partial charge >= 0.3 is 0 Å². The molecule has 2 heteroatoms. The molecule has 0 saturated carbocycles. The van der Waals surface area contributed by atoms with Crippen molar-refractivity contribution in [2.75, 3.05) is 0 Å². The molecule has 0 unspecified atom stereocenters. The lowest BCUT2D eigenvalue weighted by atomic mass is 9.88. The monoisotopic (exact) mass is 304 g/mol. The number of hydrogen-bond acceptors (Lipinski definition) is 2. The lowest BCUT2D eigenvalue weighted by Gasteiger charge is -2.22. The molecule has 0 aromatic heterocycles. The molecule has 22 heavy (non-hydrogen) atoms. The molecule has 0 amide bonds. The number of allylic oxidation sites excluding steroid dienone is 2. The third-order valence-electron chi connectivity index (χ3n) is 5.09. The van der Waals surface area contributed by atoms with Crippen LogP contribution >= 0.6 is 0 Å². The quantitative estimate of drug-likeness (QED) is 0.705. The highest BCUT2D eigenvalue weighted by Crippen LogP contribution is 2.35. The predicted molar refractivity (Wildman–Crippen MR) is 92.7 cm³/mol. The Morgan fingerprint density at radius 3 is 2.68 bits per heavy atom. The zero-order valence-corrected chi connectivity index (χ0v) is 14.8. The molecule has 0 spiro atoms. The van der Waals surface area contributed by atoms with Gasteiger partial charge in [0.25, 0.3) is 0 Å². The maximum atomic E-state index is 10.5. The van der Waals surface area contributed by atoms with Crippen molar-refractivity contribution in [3.8, 4) is 0 Å². The first-order valence-electron chi connectivity index (χ1n) is 8.65. The summed E-state index contributed by atoms with van der Waals surface area (Å²) in [4.78, 5) is 0. The maximum absolute atomic E-state index is 10.5. The van der Waals surface area contributed by atoms with Gasteiger partial charge in [0, 0.05) is 0 Å². The second-order valence-electron chi connectivity index (χ2n) is 7.87. The van der Waals surface area contributed by atoms with Crippen LogP contribution in [0.4, 0.5) is 0 Å². The third-order valence-corrected chi connectivity index (χ3v) is 5.09. The number of fused-ring (bicyclic) bond motifs is 2. The number of rotatable bonds is 1. The Morgan fingerprint density at radius 1 is 1.27 bits per heavy atom. The van der Waals surface area contributed by atoms with Crippen molar-refractivity contribution >= 4 is 0 Å². The van der Waals surface area contributed by atoms with E-state index in [4.69, 9.17) is 4.74 Å². The van der Waals surface area contributed by atoms with Gasteiger partial charge in [-0.25, -0.2) is 0 Å². The lowest BCUT2D eigenvalue weighted by molar-refractivity contribution is 0.0213. The Kier molecular flexibility index (Phi) is 5.34. The second-order valence-corrected chi connectivity index (χ2v) is 7.87. The molecule has 1 fully saturated rings. The van der Waals surface area contributed by atoms with E-state index in [1.807, 2.05) is 13.0 Å². The highest BCUT2D eigenvalue weighted by molar-refractivity contribution is 5.16. The van der Waals surface area contributed by atoms with E-state index < -0.39 is 5.60 Å². The van der Waals surface area contributed by atoms with Crippen LogP contribution in [0.2, 0.25) is 0 Å². The van der Waals surface area contributed by atoms with Gasteiger partial charge in [-0.15, -0.1) is 0 Å². The number of aliphatic hydroxyl groups is 1. The average Bonchev–Trinajstić information content (AvgIpc) is 2.79. The normalized spacial score (nSPS) is 45.3. The molecule has 124 valence electrons. The van der Waals surface area contributed by atoms with Crippen molar-refractivity contribution in [1.29, 1.82) is 0 Å². The third kappa shape index (κ3) is 4.57. The Hall–Kier alpha value is -0.860. The van der Waals surface area contributed by atoms with E-state index in [2.05, 4.69) is 52.0 Å². The lowest BCUT2D eigenvalue weighted by Crippen LogP contribution is -2.24. The molecule has 0 aromatic carbocycles. The summed E-state index contributed by atoms with van der Waals surface area (Å²) >= 11 is 0. The maximum Gasteiger partial charge on any atom is 0.0843 e. The molecule has 0 aliphatic carbocycles. The van der Waals surface area contributed by atoms with Gasteiger partial charge in [-0.05, 0) is 63.9 Å². The molecule has 2 aliphatic rings. The average molecular weight is 304 g/mol. The van der Waals surface area contributed by atoms with Crippen LogP contribution in [0.25, 0.3) is 0 Å². The molecule has 2 bridgehead atoms. The summed E-state index contributed by atoms with van der Waals surface area (Å²) in [5.41, 5.74) is 0.373. The Balaban J connectivity index is 2.28. The van der Waals surface area contributed by atoms with E-state index in [1.54, 1.807) is 0 Å². The summed E-state index contributed by atoms with van der Waals surface area (Å²) in [6.45, 7) is 10.7. The summed E-state index contributed by atoms with van der Waals surface area (Å²) in [5, 5.41) is 10.5. The summed E-state index contributed by atoms with van der Waals surface area (Å²) in [6, 6.07) is 0.